The first kappa shape index (κ1) is 30.2. The van der Waals surface area contributed by atoms with E-state index in [1.807, 2.05) is 36.4 Å². The zero-order chi connectivity index (χ0) is 31.5. The van der Waals surface area contributed by atoms with E-state index >= 15 is 0 Å². The van der Waals surface area contributed by atoms with E-state index in [9.17, 15) is 14.7 Å². The number of phenols is 1. The molecule has 0 radical (unpaired) electrons. The lowest BCUT2D eigenvalue weighted by Gasteiger charge is -2.40. The van der Waals surface area contributed by atoms with Gasteiger partial charge in [0, 0.05) is 30.0 Å². The average molecular weight is 621 g/mol. The van der Waals surface area contributed by atoms with Crippen LogP contribution in [0, 0.1) is 11.8 Å². The molecule has 3 aromatic rings. The Morgan fingerprint density at radius 2 is 1.69 bits per heavy atom. The van der Waals surface area contributed by atoms with Crippen LogP contribution < -0.4 is 34.5 Å². The number of hydrogen-bond donors (Lipinski definition) is 4. The smallest absolute Gasteiger partial charge is 0.310 e. The number of aromatic hydroxyl groups is 1. The highest BCUT2D eigenvalue weighted by atomic mass is 16.7. The van der Waals surface area contributed by atoms with Gasteiger partial charge in [-0.1, -0.05) is 6.07 Å². The first-order valence-corrected chi connectivity index (χ1v) is 14.9. The number of rotatable bonds is 12. The number of carbonyl (C=O) groups is 2. The summed E-state index contributed by atoms with van der Waals surface area (Å²) < 4.78 is 34.1. The fourth-order valence-corrected chi connectivity index (χ4v) is 6.51. The van der Waals surface area contributed by atoms with Crippen LogP contribution in [0.15, 0.2) is 48.5 Å². The van der Waals surface area contributed by atoms with Crippen molar-refractivity contribution in [2.75, 3.05) is 39.5 Å². The lowest BCUT2D eigenvalue weighted by molar-refractivity contribution is -0.141. The standard InChI is InChI=1S/C33H36N2O10/c1-40-26-11-18(12-27(41-2)32(26)37)29-21-14-24-25(45-17-44-24)15-22(21)31(23-16-43-33(38)30(23)29)34-19-7-6-8-20(13-19)42-10-5-3-4-9-28(36)35-39/h6-8,11-15,23,29-31,34,37,39H,3-5,9-10,16-17H2,1-2H3,(H,35,36)/t23-,29+,30-,31+/m0/s1. The predicted molar refractivity (Wildman–Crippen MR) is 160 cm³/mol. The van der Waals surface area contributed by atoms with Gasteiger partial charge in [0.1, 0.15) is 5.75 Å². The molecule has 0 saturated carbocycles. The molecule has 0 spiro atoms. The van der Waals surface area contributed by atoms with Crippen LogP contribution in [0.2, 0.25) is 0 Å². The number of amides is 1. The fraction of sp³-hybridized carbons (Fsp3) is 0.394. The maximum Gasteiger partial charge on any atom is 0.310 e. The molecule has 1 saturated heterocycles. The summed E-state index contributed by atoms with van der Waals surface area (Å²) in [5, 5.41) is 22.9. The highest BCUT2D eigenvalue weighted by Crippen LogP contribution is 2.56. The van der Waals surface area contributed by atoms with Crippen LogP contribution in [0.3, 0.4) is 0 Å². The number of ether oxygens (including phenoxy) is 6. The molecule has 4 atom stereocenters. The monoisotopic (exact) mass is 620 g/mol. The van der Waals surface area contributed by atoms with Gasteiger partial charge in [0.15, 0.2) is 23.0 Å². The van der Waals surface area contributed by atoms with Gasteiger partial charge in [0.2, 0.25) is 18.4 Å². The van der Waals surface area contributed by atoms with Crippen LogP contribution in [-0.4, -0.2) is 56.4 Å². The maximum absolute atomic E-state index is 13.4. The molecule has 1 fully saturated rings. The van der Waals surface area contributed by atoms with Crippen molar-refractivity contribution in [3.8, 4) is 34.5 Å². The molecule has 45 heavy (non-hydrogen) atoms. The van der Waals surface area contributed by atoms with Crippen LogP contribution in [0.25, 0.3) is 0 Å². The number of nitrogens with one attached hydrogen (secondary N) is 2. The molecule has 1 aliphatic carbocycles. The van der Waals surface area contributed by atoms with Crippen LogP contribution >= 0.6 is 0 Å². The van der Waals surface area contributed by atoms with Gasteiger partial charge in [-0.15, -0.1) is 0 Å². The number of hydroxylamine groups is 1. The Hall–Kier alpha value is -4.84. The van der Waals surface area contributed by atoms with Gasteiger partial charge in [-0.25, -0.2) is 5.48 Å². The molecule has 0 aromatic heterocycles. The van der Waals surface area contributed by atoms with E-state index in [0.29, 0.717) is 30.3 Å². The molecule has 238 valence electrons. The third-order valence-electron chi connectivity index (χ3n) is 8.65. The van der Waals surface area contributed by atoms with Crippen molar-refractivity contribution >= 4 is 17.6 Å². The van der Waals surface area contributed by atoms with Gasteiger partial charge >= 0.3 is 5.97 Å². The molecule has 1 amide bonds. The van der Waals surface area contributed by atoms with E-state index in [1.165, 1.54) is 14.2 Å². The normalized spacial score (nSPS) is 20.9. The minimum absolute atomic E-state index is 0.102. The van der Waals surface area contributed by atoms with Crippen molar-refractivity contribution in [1.82, 2.24) is 5.48 Å². The number of hydrogen-bond acceptors (Lipinski definition) is 11. The molecule has 12 nitrogen and oxygen atoms in total. The summed E-state index contributed by atoms with van der Waals surface area (Å²) in [6, 6.07) is 14.7. The quantitative estimate of drug-likeness (QED) is 0.0967. The van der Waals surface area contributed by atoms with Crippen molar-refractivity contribution in [2.45, 2.75) is 37.6 Å². The zero-order valence-electron chi connectivity index (χ0n) is 25.0. The first-order chi connectivity index (χ1) is 21.9. The van der Waals surface area contributed by atoms with Gasteiger partial charge in [-0.2, -0.15) is 0 Å². The summed E-state index contributed by atoms with van der Waals surface area (Å²) in [6.45, 7) is 0.807. The van der Waals surface area contributed by atoms with E-state index < -0.39 is 17.7 Å². The second-order valence-corrected chi connectivity index (χ2v) is 11.2. The van der Waals surface area contributed by atoms with E-state index in [4.69, 9.17) is 33.6 Å². The molecular weight excluding hydrogens is 584 g/mol. The van der Waals surface area contributed by atoms with Crippen LogP contribution in [0.1, 0.15) is 54.3 Å². The summed E-state index contributed by atoms with van der Waals surface area (Å²) in [4.78, 5) is 24.6. The molecule has 0 bridgehead atoms. The Kier molecular flexibility index (Phi) is 8.74. The number of methoxy groups -OCH3 is 2. The second-order valence-electron chi connectivity index (χ2n) is 11.2. The average Bonchev–Trinajstić information content (AvgIpc) is 3.68. The minimum Gasteiger partial charge on any atom is -0.502 e. The van der Waals surface area contributed by atoms with Crippen LogP contribution in [0.4, 0.5) is 5.69 Å². The van der Waals surface area contributed by atoms with E-state index in [-0.39, 0.29) is 55.0 Å². The number of benzene rings is 3. The molecule has 2 heterocycles. The largest absolute Gasteiger partial charge is 0.502 e. The van der Waals surface area contributed by atoms with Crippen molar-refractivity contribution in [2.24, 2.45) is 11.8 Å². The summed E-state index contributed by atoms with van der Waals surface area (Å²) in [6.07, 6.45) is 2.47. The molecular formula is C33H36N2O10. The third-order valence-corrected chi connectivity index (χ3v) is 8.65. The molecule has 0 unspecified atom stereocenters. The Morgan fingerprint density at radius 3 is 2.40 bits per heavy atom. The third kappa shape index (κ3) is 5.97. The van der Waals surface area contributed by atoms with Gasteiger partial charge < -0.3 is 38.8 Å². The fourth-order valence-electron chi connectivity index (χ4n) is 6.51. The number of fused-ring (bicyclic) bond motifs is 3. The summed E-state index contributed by atoms with van der Waals surface area (Å²) in [5.41, 5.74) is 5.00. The van der Waals surface area contributed by atoms with E-state index in [2.05, 4.69) is 5.32 Å². The van der Waals surface area contributed by atoms with Crippen molar-refractivity contribution in [3.05, 3.63) is 65.2 Å². The van der Waals surface area contributed by atoms with Gasteiger partial charge in [0.05, 0.1) is 39.4 Å². The Labute approximate surface area is 260 Å². The molecule has 4 N–H and O–H groups in total. The van der Waals surface area contributed by atoms with Crippen molar-refractivity contribution < 1.29 is 48.3 Å². The predicted octanol–water partition coefficient (Wildman–Crippen LogP) is 4.67. The SMILES string of the molecule is COc1cc([C@@H]2c3cc4c(cc3[C@@H](Nc3cccc(OCCCCCC(=O)NO)c3)[C@H]3COC(=O)[C@H]23)OCO4)cc(OC)c1O. The first-order valence-electron chi connectivity index (χ1n) is 14.9. The van der Waals surface area contributed by atoms with Gasteiger partial charge in [0.25, 0.3) is 0 Å². The second kappa shape index (κ2) is 13.0. The zero-order valence-corrected chi connectivity index (χ0v) is 25.0. The molecule has 12 heteroatoms. The van der Waals surface area contributed by atoms with Crippen LogP contribution in [-0.2, 0) is 14.3 Å². The lowest BCUT2D eigenvalue weighted by atomic mass is 9.65. The highest BCUT2D eigenvalue weighted by Gasteiger charge is 2.52. The lowest BCUT2D eigenvalue weighted by Crippen LogP contribution is -2.37. The number of phenolic OH excluding ortho intramolecular Hbond substituents is 1. The molecule has 2 aliphatic heterocycles. The summed E-state index contributed by atoms with van der Waals surface area (Å²) in [7, 11) is 2.93. The van der Waals surface area contributed by atoms with E-state index in [1.54, 1.807) is 17.6 Å². The number of anilines is 1. The molecule has 3 aliphatic rings. The number of cyclic esters (lactones) is 1. The van der Waals surface area contributed by atoms with Crippen molar-refractivity contribution in [1.29, 1.82) is 0 Å². The van der Waals surface area contributed by atoms with Gasteiger partial charge in [-0.3, -0.25) is 14.8 Å². The number of unbranched alkanes of at least 4 members (excludes halogenated alkanes) is 2. The van der Waals surface area contributed by atoms with Crippen LogP contribution in [0.5, 0.6) is 34.5 Å². The Morgan fingerprint density at radius 1 is 0.956 bits per heavy atom. The molecule has 6 rings (SSSR count). The summed E-state index contributed by atoms with van der Waals surface area (Å²) in [5.74, 6) is 0.346. The summed E-state index contributed by atoms with van der Waals surface area (Å²) >= 11 is 0. The Bertz CT molecular complexity index is 1550. The number of esters is 1. The maximum atomic E-state index is 13.4. The van der Waals surface area contributed by atoms with Gasteiger partial charge in [-0.05, 0) is 72.4 Å². The van der Waals surface area contributed by atoms with Crippen molar-refractivity contribution in [3.63, 3.8) is 0 Å². The minimum atomic E-state index is -0.540. The number of carbonyl (C=O) groups excluding carboxylic acids is 2. The topological polar surface area (TPSA) is 154 Å². The molecule has 3 aromatic carbocycles. The Balaban J connectivity index is 1.31. The van der Waals surface area contributed by atoms with E-state index in [0.717, 1.165) is 35.2 Å². The highest BCUT2D eigenvalue weighted by molar-refractivity contribution is 5.79.